The van der Waals surface area contributed by atoms with Crippen LogP contribution >= 0.6 is 0 Å². The number of halogens is 3. The smallest absolute Gasteiger partial charge is 0.449 e. The summed E-state index contributed by atoms with van der Waals surface area (Å²) in [5, 5.41) is 6.59. The van der Waals surface area contributed by atoms with E-state index >= 15 is 0 Å². The third-order valence-corrected chi connectivity index (χ3v) is 6.22. The predicted molar refractivity (Wildman–Crippen MR) is 124 cm³/mol. The number of rotatable bonds is 9. The Morgan fingerprint density at radius 3 is 2.60 bits per heavy atom. The summed E-state index contributed by atoms with van der Waals surface area (Å²) in [6, 6.07) is 5.43. The minimum atomic E-state index is -4.75. The van der Waals surface area contributed by atoms with Crippen LogP contribution < -0.4 is 20.1 Å². The van der Waals surface area contributed by atoms with Gasteiger partial charge in [-0.25, -0.2) is 4.98 Å². The fourth-order valence-corrected chi connectivity index (χ4v) is 4.28. The van der Waals surface area contributed by atoms with Crippen LogP contribution in [-0.2, 0) is 4.79 Å². The van der Waals surface area contributed by atoms with Crippen LogP contribution in [0.1, 0.15) is 38.5 Å². The molecular weight excluding hydrogens is 465 g/mol. The van der Waals surface area contributed by atoms with E-state index in [0.29, 0.717) is 40.1 Å². The number of alkyl halides is 3. The van der Waals surface area contributed by atoms with Crippen LogP contribution in [0.5, 0.6) is 11.5 Å². The molecule has 0 amide bonds. The van der Waals surface area contributed by atoms with Gasteiger partial charge in [0.15, 0.2) is 11.5 Å². The molecule has 3 aromatic rings. The number of benzene rings is 1. The van der Waals surface area contributed by atoms with Crippen LogP contribution in [0.25, 0.3) is 11.2 Å². The standard InChI is InChI=1S/C23H27F3N6O3/c1-34-15-8-9-16(17(11-15)35-2)30-22-31-20-19(27-12-28-20)21(32-22)29-14-6-3-13(4-7-14)5-10-18(33)23(24,25)26/h8-9,11-14H,3-7,10H2,1-2H3,(H3,27,28,29,30,31,32). The summed E-state index contributed by atoms with van der Waals surface area (Å²) in [7, 11) is 3.13. The Bertz CT molecular complexity index is 1180. The van der Waals surface area contributed by atoms with Gasteiger partial charge in [-0.2, -0.15) is 23.1 Å². The molecule has 9 nitrogen and oxygen atoms in total. The molecule has 3 N–H and O–H groups in total. The summed E-state index contributed by atoms with van der Waals surface area (Å²) in [4.78, 5) is 27.6. The zero-order valence-corrected chi connectivity index (χ0v) is 19.4. The number of hydrogen-bond donors (Lipinski definition) is 3. The Morgan fingerprint density at radius 2 is 1.91 bits per heavy atom. The number of imidazole rings is 1. The van der Waals surface area contributed by atoms with Crippen LogP contribution in [0.3, 0.4) is 0 Å². The van der Waals surface area contributed by atoms with Gasteiger partial charge >= 0.3 is 6.18 Å². The lowest BCUT2D eigenvalue weighted by Gasteiger charge is -2.29. The second-order valence-corrected chi connectivity index (χ2v) is 8.51. The first kappa shape index (κ1) is 24.6. The molecule has 188 valence electrons. The Labute approximate surface area is 199 Å². The Balaban J connectivity index is 1.42. The summed E-state index contributed by atoms with van der Waals surface area (Å²) >= 11 is 0. The average molecular weight is 493 g/mol. The number of carbonyl (C=O) groups excluding carboxylic acids is 1. The number of aromatic nitrogens is 4. The second-order valence-electron chi connectivity index (χ2n) is 8.51. The number of Topliss-reactive ketones (excluding diaryl/α,β-unsaturated/α-hetero) is 1. The molecule has 0 unspecified atom stereocenters. The molecule has 0 radical (unpaired) electrons. The maximum Gasteiger partial charge on any atom is 0.449 e. The number of aromatic amines is 1. The predicted octanol–water partition coefficient (Wildman–Crippen LogP) is 5.00. The summed E-state index contributed by atoms with van der Waals surface area (Å²) in [5.41, 5.74) is 1.80. The van der Waals surface area contributed by atoms with E-state index in [2.05, 4.69) is 30.6 Å². The second kappa shape index (κ2) is 10.4. The number of fused-ring (bicyclic) bond motifs is 1. The van der Waals surface area contributed by atoms with Crippen molar-refractivity contribution < 1.29 is 27.4 Å². The van der Waals surface area contributed by atoms with Gasteiger partial charge in [-0.15, -0.1) is 0 Å². The van der Waals surface area contributed by atoms with Crippen molar-refractivity contribution in [2.75, 3.05) is 24.9 Å². The number of nitrogens with one attached hydrogen (secondary N) is 3. The molecule has 0 saturated heterocycles. The monoisotopic (exact) mass is 492 g/mol. The first-order valence-corrected chi connectivity index (χ1v) is 11.3. The molecule has 4 rings (SSSR count). The number of hydrogen-bond acceptors (Lipinski definition) is 8. The van der Waals surface area contributed by atoms with Gasteiger partial charge in [-0.1, -0.05) is 0 Å². The maximum atomic E-state index is 12.5. The van der Waals surface area contributed by atoms with Crippen LogP contribution in [0.15, 0.2) is 24.5 Å². The van der Waals surface area contributed by atoms with E-state index in [1.165, 1.54) is 6.33 Å². The number of ketones is 1. The highest BCUT2D eigenvalue weighted by Crippen LogP contribution is 2.34. The number of ether oxygens (including phenoxy) is 2. The highest BCUT2D eigenvalue weighted by atomic mass is 19.4. The van der Waals surface area contributed by atoms with Crippen molar-refractivity contribution in [2.24, 2.45) is 5.92 Å². The molecule has 0 bridgehead atoms. The largest absolute Gasteiger partial charge is 0.497 e. The van der Waals surface area contributed by atoms with Crippen molar-refractivity contribution in [3.05, 3.63) is 24.5 Å². The summed E-state index contributed by atoms with van der Waals surface area (Å²) in [5.74, 6) is 0.586. The first-order valence-electron chi connectivity index (χ1n) is 11.3. The van der Waals surface area contributed by atoms with E-state index in [9.17, 15) is 18.0 Å². The van der Waals surface area contributed by atoms with Crippen molar-refractivity contribution in [3.8, 4) is 11.5 Å². The van der Waals surface area contributed by atoms with Crippen molar-refractivity contribution in [1.29, 1.82) is 0 Å². The summed E-state index contributed by atoms with van der Waals surface area (Å²) in [6.07, 6.45) is -0.376. The minimum Gasteiger partial charge on any atom is -0.497 e. The zero-order valence-electron chi connectivity index (χ0n) is 19.4. The number of methoxy groups -OCH3 is 2. The van der Waals surface area contributed by atoms with Crippen molar-refractivity contribution in [2.45, 2.75) is 50.7 Å². The van der Waals surface area contributed by atoms with Gasteiger partial charge in [0.1, 0.15) is 17.0 Å². The molecule has 1 fully saturated rings. The minimum absolute atomic E-state index is 0.0920. The van der Waals surface area contributed by atoms with E-state index in [1.54, 1.807) is 32.4 Å². The van der Waals surface area contributed by atoms with Crippen LogP contribution in [0, 0.1) is 5.92 Å². The summed E-state index contributed by atoms with van der Waals surface area (Å²) < 4.78 is 48.0. The maximum absolute atomic E-state index is 12.5. The van der Waals surface area contributed by atoms with Crippen LogP contribution in [0.4, 0.5) is 30.6 Å². The molecule has 1 saturated carbocycles. The molecule has 12 heteroatoms. The molecular formula is C23H27F3N6O3. The van der Waals surface area contributed by atoms with Gasteiger partial charge in [0.25, 0.3) is 0 Å². The van der Waals surface area contributed by atoms with E-state index < -0.39 is 18.4 Å². The molecule has 0 atom stereocenters. The fraction of sp³-hybridized carbons (Fsp3) is 0.478. The number of carbonyl (C=O) groups is 1. The Kier molecular flexibility index (Phi) is 7.27. The lowest BCUT2D eigenvalue weighted by molar-refractivity contribution is -0.171. The van der Waals surface area contributed by atoms with Crippen molar-refractivity contribution >= 4 is 34.4 Å². The van der Waals surface area contributed by atoms with E-state index in [1.807, 2.05) is 0 Å². The van der Waals surface area contributed by atoms with Gasteiger partial charge in [0, 0.05) is 18.5 Å². The first-order chi connectivity index (χ1) is 16.8. The molecule has 35 heavy (non-hydrogen) atoms. The third kappa shape index (κ3) is 5.92. The number of H-pyrrole nitrogens is 1. The lowest BCUT2D eigenvalue weighted by atomic mass is 9.83. The highest BCUT2D eigenvalue weighted by Gasteiger charge is 2.38. The third-order valence-electron chi connectivity index (χ3n) is 6.22. The SMILES string of the molecule is COc1ccc(Nc2nc(NC3CCC(CCC(=O)C(F)(F)F)CC3)c3[nH]cnc3n2)c(OC)c1. The highest BCUT2D eigenvalue weighted by molar-refractivity contribution is 5.85. The zero-order chi connectivity index (χ0) is 25.0. The molecule has 1 aliphatic rings. The quantitative estimate of drug-likeness (QED) is 0.383. The summed E-state index contributed by atoms with van der Waals surface area (Å²) in [6.45, 7) is 0. The molecule has 1 aliphatic carbocycles. The van der Waals surface area contributed by atoms with Gasteiger partial charge < -0.3 is 25.1 Å². The van der Waals surface area contributed by atoms with Crippen molar-refractivity contribution in [3.63, 3.8) is 0 Å². The van der Waals surface area contributed by atoms with Gasteiger partial charge in [-0.3, -0.25) is 4.79 Å². The Hall–Kier alpha value is -3.57. The average Bonchev–Trinajstić information content (AvgIpc) is 3.32. The van der Waals surface area contributed by atoms with Gasteiger partial charge in [0.2, 0.25) is 11.7 Å². The van der Waals surface area contributed by atoms with E-state index in [-0.39, 0.29) is 18.4 Å². The fourth-order valence-electron chi connectivity index (χ4n) is 4.28. The van der Waals surface area contributed by atoms with Crippen LogP contribution in [0.2, 0.25) is 0 Å². The number of nitrogens with zero attached hydrogens (tertiary/aromatic N) is 3. The molecule has 2 heterocycles. The molecule has 2 aromatic heterocycles. The molecule has 1 aromatic carbocycles. The normalized spacial score (nSPS) is 18.3. The van der Waals surface area contributed by atoms with E-state index in [4.69, 9.17) is 9.47 Å². The topological polar surface area (TPSA) is 114 Å². The number of anilines is 3. The van der Waals surface area contributed by atoms with Crippen molar-refractivity contribution in [1.82, 2.24) is 19.9 Å². The van der Waals surface area contributed by atoms with E-state index in [0.717, 1.165) is 25.7 Å². The van der Waals surface area contributed by atoms with Gasteiger partial charge in [0.05, 0.1) is 26.2 Å². The van der Waals surface area contributed by atoms with Gasteiger partial charge in [-0.05, 0) is 50.2 Å². The lowest BCUT2D eigenvalue weighted by Crippen LogP contribution is -2.28. The van der Waals surface area contributed by atoms with Crippen LogP contribution in [-0.4, -0.2) is 52.2 Å². The molecule has 0 spiro atoms. The molecule has 0 aliphatic heterocycles. The Morgan fingerprint density at radius 1 is 1.14 bits per heavy atom.